The fourth-order valence-corrected chi connectivity index (χ4v) is 5.11. The molecule has 1 aromatic heterocycles. The van der Waals surface area contributed by atoms with Gasteiger partial charge in [-0.3, -0.25) is 11.3 Å². The summed E-state index contributed by atoms with van der Waals surface area (Å²) < 4.78 is 22.8. The minimum absolute atomic E-state index is 0.213. The number of hydrogen-bond acceptors (Lipinski definition) is 5. The summed E-state index contributed by atoms with van der Waals surface area (Å²) in [7, 11) is -2.77. The Morgan fingerprint density at radius 2 is 2.39 bits per heavy atom. The molecule has 1 saturated heterocycles. The summed E-state index contributed by atoms with van der Waals surface area (Å²) in [4.78, 5) is 1.36. The van der Waals surface area contributed by atoms with Crippen molar-refractivity contribution >= 4 is 21.2 Å². The number of hydrazine groups is 1. The lowest BCUT2D eigenvalue weighted by Crippen LogP contribution is -2.37. The Morgan fingerprint density at radius 3 is 2.94 bits per heavy atom. The van der Waals surface area contributed by atoms with Crippen molar-refractivity contribution in [3.05, 3.63) is 22.4 Å². The van der Waals surface area contributed by atoms with E-state index in [-0.39, 0.29) is 12.0 Å². The van der Waals surface area contributed by atoms with Crippen molar-refractivity contribution in [2.24, 2.45) is 11.8 Å². The molecule has 3 N–H and O–H groups in total. The molecule has 2 atom stereocenters. The van der Waals surface area contributed by atoms with Gasteiger partial charge in [-0.25, -0.2) is 8.42 Å². The van der Waals surface area contributed by atoms with E-state index >= 15 is 0 Å². The predicted molar refractivity (Wildman–Crippen MR) is 75.1 cm³/mol. The van der Waals surface area contributed by atoms with Crippen LogP contribution in [0.3, 0.4) is 0 Å². The Hall–Kier alpha value is -0.430. The van der Waals surface area contributed by atoms with Gasteiger partial charge in [0.05, 0.1) is 11.5 Å². The molecule has 0 spiro atoms. The second kappa shape index (κ2) is 6.14. The van der Waals surface area contributed by atoms with Crippen LogP contribution in [0.2, 0.25) is 0 Å². The first-order valence-corrected chi connectivity index (χ1v) is 8.98. The van der Waals surface area contributed by atoms with Crippen molar-refractivity contribution < 1.29 is 8.42 Å². The van der Waals surface area contributed by atoms with Crippen LogP contribution >= 0.6 is 11.3 Å². The first-order valence-electron chi connectivity index (χ1n) is 6.28. The fraction of sp³-hybridized carbons (Fsp3) is 0.667. The highest BCUT2D eigenvalue weighted by atomic mass is 32.2. The van der Waals surface area contributed by atoms with Crippen molar-refractivity contribution in [3.8, 4) is 0 Å². The summed E-state index contributed by atoms with van der Waals surface area (Å²) in [6.45, 7) is 0. The minimum atomic E-state index is -2.77. The van der Waals surface area contributed by atoms with E-state index in [2.05, 4.69) is 22.9 Å². The van der Waals surface area contributed by atoms with Gasteiger partial charge in [-0.05, 0) is 43.0 Å². The second-order valence-corrected chi connectivity index (χ2v) is 8.25. The van der Waals surface area contributed by atoms with E-state index in [1.165, 1.54) is 4.88 Å². The molecule has 102 valence electrons. The van der Waals surface area contributed by atoms with E-state index in [1.54, 1.807) is 11.3 Å². The Bertz CT molecular complexity index is 456. The summed E-state index contributed by atoms with van der Waals surface area (Å²) >= 11 is 1.75. The zero-order valence-electron chi connectivity index (χ0n) is 10.3. The van der Waals surface area contributed by atoms with Gasteiger partial charge in [0.25, 0.3) is 0 Å². The molecule has 2 rings (SSSR count). The maximum Gasteiger partial charge on any atom is 0.150 e. The number of nitrogens with two attached hydrogens (primary N) is 1. The average Bonchev–Trinajstić information content (AvgIpc) is 2.94. The molecule has 0 saturated carbocycles. The Morgan fingerprint density at radius 1 is 1.56 bits per heavy atom. The van der Waals surface area contributed by atoms with Crippen LogP contribution in [0.25, 0.3) is 0 Å². The van der Waals surface area contributed by atoms with E-state index in [9.17, 15) is 8.42 Å². The third-order valence-electron chi connectivity index (χ3n) is 3.50. The zero-order valence-corrected chi connectivity index (χ0v) is 12.0. The lowest BCUT2D eigenvalue weighted by Gasteiger charge is -2.18. The van der Waals surface area contributed by atoms with Gasteiger partial charge in [-0.15, -0.1) is 11.3 Å². The number of nitrogens with one attached hydrogen (secondary N) is 1. The van der Waals surface area contributed by atoms with E-state index in [0.29, 0.717) is 11.5 Å². The number of aryl methyl sites for hydroxylation is 1. The molecule has 1 aliphatic rings. The van der Waals surface area contributed by atoms with Crippen LogP contribution in [0, 0.1) is 5.92 Å². The molecule has 18 heavy (non-hydrogen) atoms. The van der Waals surface area contributed by atoms with Crippen LogP contribution in [0.5, 0.6) is 0 Å². The van der Waals surface area contributed by atoms with E-state index in [1.807, 2.05) is 0 Å². The van der Waals surface area contributed by atoms with Crippen LogP contribution in [-0.2, 0) is 16.3 Å². The highest BCUT2D eigenvalue weighted by Crippen LogP contribution is 2.24. The molecule has 2 heterocycles. The molecule has 4 nitrogen and oxygen atoms in total. The van der Waals surface area contributed by atoms with Crippen LogP contribution in [0.4, 0.5) is 0 Å². The van der Waals surface area contributed by atoms with Crippen LogP contribution in [0.1, 0.15) is 24.1 Å². The normalized spacial score (nSPS) is 24.2. The summed E-state index contributed by atoms with van der Waals surface area (Å²) in [5.41, 5.74) is 2.83. The molecule has 1 aliphatic heterocycles. The molecule has 2 unspecified atom stereocenters. The lowest BCUT2D eigenvalue weighted by molar-refractivity contribution is 0.393. The molecule has 6 heteroatoms. The summed E-state index contributed by atoms with van der Waals surface area (Å²) in [6, 6.07) is 4.39. The van der Waals surface area contributed by atoms with Gasteiger partial charge in [0, 0.05) is 10.9 Å². The second-order valence-electron chi connectivity index (χ2n) is 4.99. The van der Waals surface area contributed by atoms with Crippen LogP contribution in [-0.4, -0.2) is 26.0 Å². The Labute approximate surface area is 112 Å². The molecular weight excluding hydrogens is 268 g/mol. The van der Waals surface area contributed by atoms with Gasteiger partial charge < -0.3 is 0 Å². The van der Waals surface area contributed by atoms with Crippen molar-refractivity contribution in [2.45, 2.75) is 31.7 Å². The third kappa shape index (κ3) is 4.05. The van der Waals surface area contributed by atoms with Crippen molar-refractivity contribution in [3.63, 3.8) is 0 Å². The Kier molecular flexibility index (Phi) is 4.77. The molecule has 1 fully saturated rings. The number of thiophene rings is 1. The van der Waals surface area contributed by atoms with Crippen molar-refractivity contribution in [2.75, 3.05) is 11.5 Å². The van der Waals surface area contributed by atoms with E-state index in [4.69, 9.17) is 5.84 Å². The molecule has 1 aromatic rings. The molecule has 0 amide bonds. The number of sulfone groups is 1. The highest BCUT2D eigenvalue weighted by molar-refractivity contribution is 7.91. The first-order chi connectivity index (χ1) is 8.59. The average molecular weight is 288 g/mol. The highest BCUT2D eigenvalue weighted by Gasteiger charge is 2.29. The van der Waals surface area contributed by atoms with Crippen molar-refractivity contribution in [1.29, 1.82) is 0 Å². The monoisotopic (exact) mass is 288 g/mol. The van der Waals surface area contributed by atoms with E-state index < -0.39 is 9.84 Å². The summed E-state index contributed by atoms with van der Waals surface area (Å²) in [5.74, 6) is 6.52. The largest absolute Gasteiger partial charge is 0.271 e. The zero-order chi connectivity index (χ0) is 13.0. The standard InChI is InChI=1S/C12H20N2O2S2/c13-14-11(3-4-12-2-1-6-17-12)8-10-5-7-18(15,16)9-10/h1-2,6,10-11,14H,3-5,7-9,13H2. The van der Waals surface area contributed by atoms with Gasteiger partial charge >= 0.3 is 0 Å². The quantitative estimate of drug-likeness (QED) is 0.612. The SMILES string of the molecule is NNC(CCc1cccs1)CC1CCS(=O)(=O)C1. The smallest absolute Gasteiger partial charge is 0.150 e. The van der Waals surface area contributed by atoms with Gasteiger partial charge in [0.2, 0.25) is 0 Å². The van der Waals surface area contributed by atoms with E-state index in [0.717, 1.165) is 25.7 Å². The lowest BCUT2D eigenvalue weighted by atomic mass is 9.96. The third-order valence-corrected chi connectivity index (χ3v) is 6.27. The summed E-state index contributed by atoms with van der Waals surface area (Å²) in [5, 5.41) is 2.07. The number of hydrogen-bond donors (Lipinski definition) is 2. The molecule has 0 bridgehead atoms. The van der Waals surface area contributed by atoms with Crippen LogP contribution < -0.4 is 11.3 Å². The van der Waals surface area contributed by atoms with Gasteiger partial charge in [-0.1, -0.05) is 6.07 Å². The fourth-order valence-electron chi connectivity index (χ4n) is 2.50. The van der Waals surface area contributed by atoms with Crippen LogP contribution in [0.15, 0.2) is 17.5 Å². The maximum absolute atomic E-state index is 11.4. The predicted octanol–water partition coefficient (Wildman–Crippen LogP) is 1.34. The molecule has 0 radical (unpaired) electrons. The molecular formula is C12H20N2O2S2. The molecule has 0 aromatic carbocycles. The maximum atomic E-state index is 11.4. The van der Waals surface area contributed by atoms with Gasteiger partial charge in [-0.2, -0.15) is 0 Å². The first kappa shape index (κ1) is 14.0. The topological polar surface area (TPSA) is 72.2 Å². The minimum Gasteiger partial charge on any atom is -0.271 e. The Balaban J connectivity index is 1.79. The number of rotatable bonds is 6. The summed E-state index contributed by atoms with van der Waals surface area (Å²) in [6.07, 6.45) is 3.63. The van der Waals surface area contributed by atoms with Gasteiger partial charge in [0.1, 0.15) is 0 Å². The van der Waals surface area contributed by atoms with Gasteiger partial charge in [0.15, 0.2) is 9.84 Å². The van der Waals surface area contributed by atoms with Crippen molar-refractivity contribution in [1.82, 2.24) is 5.43 Å². The molecule has 0 aliphatic carbocycles.